The van der Waals surface area contributed by atoms with E-state index < -0.39 is 17.8 Å². The highest BCUT2D eigenvalue weighted by Crippen LogP contribution is 2.22. The first-order valence-corrected chi connectivity index (χ1v) is 5.63. The van der Waals surface area contributed by atoms with Crippen LogP contribution in [-0.2, 0) is 9.53 Å². The highest BCUT2D eigenvalue weighted by atomic mass is 16.5. The molecule has 2 rings (SSSR count). The van der Waals surface area contributed by atoms with Crippen molar-refractivity contribution in [2.24, 2.45) is 0 Å². The zero-order chi connectivity index (χ0) is 13.8. The highest BCUT2D eigenvalue weighted by Gasteiger charge is 2.34. The number of esters is 1. The van der Waals surface area contributed by atoms with Crippen molar-refractivity contribution in [3.63, 3.8) is 0 Å². The van der Waals surface area contributed by atoms with Crippen LogP contribution in [0.2, 0.25) is 0 Å². The molecule has 19 heavy (non-hydrogen) atoms. The fourth-order valence-electron chi connectivity index (χ4n) is 1.83. The Balaban J connectivity index is 2.01. The summed E-state index contributed by atoms with van der Waals surface area (Å²) < 4.78 is 4.55. The van der Waals surface area contributed by atoms with Gasteiger partial charge in [0.25, 0.3) is 11.8 Å². The molecular weight excluding hydrogens is 248 g/mol. The zero-order valence-electron chi connectivity index (χ0n) is 9.96. The molecule has 2 amide bonds. The standard InChI is InChI=1S/C13H10N2O4/c14-6-8-19-11(16)5-7-15-12(17)9-3-1-2-4-10(9)13(15)18/h1-4H,5,7-8H2. The molecule has 6 heteroatoms. The summed E-state index contributed by atoms with van der Waals surface area (Å²) in [5.41, 5.74) is 0.691. The van der Waals surface area contributed by atoms with Gasteiger partial charge in [-0.3, -0.25) is 19.3 Å². The van der Waals surface area contributed by atoms with Crippen LogP contribution < -0.4 is 0 Å². The first-order valence-electron chi connectivity index (χ1n) is 5.63. The molecule has 0 atom stereocenters. The molecule has 1 aliphatic rings. The largest absolute Gasteiger partial charge is 0.450 e. The van der Waals surface area contributed by atoms with Crippen LogP contribution >= 0.6 is 0 Å². The summed E-state index contributed by atoms with van der Waals surface area (Å²) in [6.45, 7) is -0.377. The molecule has 1 heterocycles. The third kappa shape index (κ3) is 2.45. The third-order valence-corrected chi connectivity index (χ3v) is 2.72. The maximum atomic E-state index is 11.9. The number of carbonyl (C=O) groups excluding carboxylic acids is 3. The van der Waals surface area contributed by atoms with Gasteiger partial charge in [0.1, 0.15) is 6.07 Å². The molecule has 0 aliphatic carbocycles. The normalized spacial score (nSPS) is 13.1. The van der Waals surface area contributed by atoms with Gasteiger partial charge in [-0.2, -0.15) is 5.26 Å². The van der Waals surface area contributed by atoms with E-state index in [1.54, 1.807) is 30.3 Å². The summed E-state index contributed by atoms with van der Waals surface area (Å²) in [6, 6.07) is 8.16. The third-order valence-electron chi connectivity index (χ3n) is 2.72. The first-order chi connectivity index (χ1) is 9.15. The Morgan fingerprint density at radius 2 is 1.79 bits per heavy atom. The predicted molar refractivity (Wildman–Crippen MR) is 63.0 cm³/mol. The molecule has 0 saturated carbocycles. The van der Waals surface area contributed by atoms with Crippen LogP contribution in [0, 0.1) is 11.3 Å². The van der Waals surface area contributed by atoms with E-state index >= 15 is 0 Å². The molecule has 96 valence electrons. The second-order valence-corrected chi connectivity index (χ2v) is 3.88. The molecule has 0 unspecified atom stereocenters. The molecule has 0 N–H and O–H groups in total. The fourth-order valence-corrected chi connectivity index (χ4v) is 1.83. The number of ether oxygens (including phenoxy) is 1. The summed E-state index contributed by atoms with van der Waals surface area (Å²) in [5, 5.41) is 8.25. The van der Waals surface area contributed by atoms with Crippen molar-refractivity contribution in [2.75, 3.05) is 13.2 Å². The van der Waals surface area contributed by atoms with Crippen LogP contribution in [0.15, 0.2) is 24.3 Å². The lowest BCUT2D eigenvalue weighted by Gasteiger charge is -2.12. The Morgan fingerprint density at radius 3 is 2.32 bits per heavy atom. The van der Waals surface area contributed by atoms with Gasteiger partial charge in [0.15, 0.2) is 6.61 Å². The summed E-state index contributed by atoms with van der Waals surface area (Å²) in [7, 11) is 0. The molecule has 0 fully saturated rings. The molecule has 0 spiro atoms. The molecule has 0 radical (unpaired) electrons. The molecule has 0 aromatic heterocycles. The van der Waals surface area contributed by atoms with E-state index in [2.05, 4.69) is 4.74 Å². The number of benzene rings is 1. The van der Waals surface area contributed by atoms with Crippen molar-refractivity contribution < 1.29 is 19.1 Å². The highest BCUT2D eigenvalue weighted by molar-refractivity contribution is 6.21. The lowest BCUT2D eigenvalue weighted by atomic mass is 10.1. The van der Waals surface area contributed by atoms with Crippen molar-refractivity contribution in [3.05, 3.63) is 35.4 Å². The summed E-state index contributed by atoms with van der Waals surface area (Å²) >= 11 is 0. The zero-order valence-corrected chi connectivity index (χ0v) is 9.96. The average Bonchev–Trinajstić information content (AvgIpc) is 2.67. The molecule has 0 bridgehead atoms. The maximum Gasteiger partial charge on any atom is 0.308 e. The van der Waals surface area contributed by atoms with Crippen LogP contribution in [-0.4, -0.2) is 35.8 Å². The van der Waals surface area contributed by atoms with E-state index in [1.165, 1.54) is 0 Å². The fraction of sp³-hybridized carbons (Fsp3) is 0.231. The maximum absolute atomic E-state index is 11.9. The van der Waals surface area contributed by atoms with Gasteiger partial charge in [-0.15, -0.1) is 0 Å². The van der Waals surface area contributed by atoms with Crippen LogP contribution in [0.4, 0.5) is 0 Å². The lowest BCUT2D eigenvalue weighted by Crippen LogP contribution is -2.32. The van der Waals surface area contributed by atoms with E-state index in [-0.39, 0.29) is 19.6 Å². The number of nitrogens with zero attached hydrogens (tertiary/aromatic N) is 2. The average molecular weight is 258 g/mol. The van der Waals surface area contributed by atoms with E-state index in [0.29, 0.717) is 11.1 Å². The van der Waals surface area contributed by atoms with Crippen molar-refractivity contribution in [3.8, 4) is 6.07 Å². The Bertz CT molecular complexity index is 554. The van der Waals surface area contributed by atoms with Gasteiger partial charge in [0.05, 0.1) is 17.5 Å². The van der Waals surface area contributed by atoms with Gasteiger partial charge >= 0.3 is 5.97 Å². The number of fused-ring (bicyclic) bond motifs is 1. The van der Waals surface area contributed by atoms with Gasteiger partial charge in [-0.25, -0.2) is 0 Å². The van der Waals surface area contributed by atoms with Crippen molar-refractivity contribution in [2.45, 2.75) is 6.42 Å². The Hall–Kier alpha value is -2.68. The number of hydrogen-bond donors (Lipinski definition) is 0. The molecular formula is C13H10N2O4. The number of imide groups is 1. The minimum atomic E-state index is -0.613. The first kappa shape index (κ1) is 12.8. The van der Waals surface area contributed by atoms with Gasteiger partial charge in [0.2, 0.25) is 0 Å². The Labute approximate surface area is 109 Å². The van der Waals surface area contributed by atoms with E-state index in [4.69, 9.17) is 5.26 Å². The van der Waals surface area contributed by atoms with Gasteiger partial charge in [-0.1, -0.05) is 12.1 Å². The van der Waals surface area contributed by atoms with E-state index in [0.717, 1.165) is 4.90 Å². The molecule has 1 aromatic rings. The second kappa shape index (κ2) is 5.31. The quantitative estimate of drug-likeness (QED) is 0.587. The summed E-state index contributed by atoms with van der Waals surface area (Å²) in [6.07, 6.45) is -0.118. The lowest BCUT2D eigenvalue weighted by molar-refractivity contribution is -0.142. The molecule has 0 saturated heterocycles. The smallest absolute Gasteiger partial charge is 0.308 e. The summed E-state index contributed by atoms with van der Waals surface area (Å²) in [4.78, 5) is 36.1. The van der Waals surface area contributed by atoms with Crippen molar-refractivity contribution in [1.29, 1.82) is 5.26 Å². The van der Waals surface area contributed by atoms with Crippen LogP contribution in [0.1, 0.15) is 27.1 Å². The van der Waals surface area contributed by atoms with Crippen molar-refractivity contribution in [1.82, 2.24) is 4.90 Å². The van der Waals surface area contributed by atoms with Gasteiger partial charge in [0, 0.05) is 6.54 Å². The second-order valence-electron chi connectivity index (χ2n) is 3.88. The minimum Gasteiger partial charge on any atom is -0.450 e. The predicted octanol–water partition coefficient (Wildman–Crippen LogP) is 0.739. The molecule has 6 nitrogen and oxygen atoms in total. The number of rotatable bonds is 4. The minimum absolute atomic E-state index is 0.0450. The van der Waals surface area contributed by atoms with Gasteiger partial charge in [-0.05, 0) is 12.1 Å². The SMILES string of the molecule is N#CCOC(=O)CCN1C(=O)c2ccccc2C1=O. The van der Waals surface area contributed by atoms with E-state index in [1.807, 2.05) is 0 Å². The van der Waals surface area contributed by atoms with Crippen LogP contribution in [0.3, 0.4) is 0 Å². The van der Waals surface area contributed by atoms with Crippen LogP contribution in [0.5, 0.6) is 0 Å². The number of hydrogen-bond acceptors (Lipinski definition) is 5. The topological polar surface area (TPSA) is 87.5 Å². The van der Waals surface area contributed by atoms with Crippen molar-refractivity contribution >= 4 is 17.8 Å². The number of carbonyl (C=O) groups is 3. The van der Waals surface area contributed by atoms with Gasteiger partial charge < -0.3 is 4.74 Å². The molecule has 1 aromatic carbocycles. The van der Waals surface area contributed by atoms with Crippen LogP contribution in [0.25, 0.3) is 0 Å². The Kier molecular flexibility index (Phi) is 3.57. The monoisotopic (exact) mass is 258 g/mol. The number of amides is 2. The van der Waals surface area contributed by atoms with E-state index in [9.17, 15) is 14.4 Å². The number of nitriles is 1. The molecule has 1 aliphatic heterocycles. The Morgan fingerprint density at radius 1 is 1.21 bits per heavy atom. The summed E-state index contributed by atoms with van der Waals surface area (Å²) in [5.74, 6) is -1.43.